The van der Waals surface area contributed by atoms with E-state index in [-0.39, 0.29) is 0 Å². The van der Waals surface area contributed by atoms with Crippen molar-refractivity contribution in [3.8, 4) is 0 Å². The molecule has 0 aromatic heterocycles. The quantitative estimate of drug-likeness (QED) is 0.754. The molecule has 5 nitrogen and oxygen atoms in total. The van der Waals surface area contributed by atoms with Gasteiger partial charge in [-0.1, -0.05) is 48.0 Å². The van der Waals surface area contributed by atoms with Crippen molar-refractivity contribution in [2.75, 3.05) is 45.8 Å². The molecular formula is C21H29N3O2S. The van der Waals surface area contributed by atoms with Crippen LogP contribution in [-0.4, -0.2) is 64.0 Å². The molecule has 0 amide bonds. The molecule has 1 saturated heterocycles. The van der Waals surface area contributed by atoms with E-state index < -0.39 is 10.0 Å². The molecule has 1 N–H and O–H groups in total. The van der Waals surface area contributed by atoms with Gasteiger partial charge in [0, 0.05) is 45.8 Å². The van der Waals surface area contributed by atoms with E-state index in [2.05, 4.69) is 44.9 Å². The average Bonchev–Trinajstić information content (AvgIpc) is 2.68. The Balaban J connectivity index is 1.36. The lowest BCUT2D eigenvalue weighted by Crippen LogP contribution is -2.48. The first-order valence-corrected chi connectivity index (χ1v) is 11.1. The Labute approximate surface area is 163 Å². The van der Waals surface area contributed by atoms with Gasteiger partial charge in [0.1, 0.15) is 0 Å². The highest BCUT2D eigenvalue weighted by atomic mass is 32.2. The second-order valence-corrected chi connectivity index (χ2v) is 8.90. The van der Waals surface area contributed by atoms with E-state index in [1.807, 2.05) is 19.1 Å². The maximum absolute atomic E-state index is 12.3. The Morgan fingerprint density at radius 1 is 0.852 bits per heavy atom. The van der Waals surface area contributed by atoms with Gasteiger partial charge < -0.3 is 4.90 Å². The molecule has 0 atom stereocenters. The smallest absolute Gasteiger partial charge is 0.240 e. The van der Waals surface area contributed by atoms with Crippen molar-refractivity contribution in [2.45, 2.75) is 18.2 Å². The molecule has 0 saturated carbocycles. The third-order valence-corrected chi connectivity index (χ3v) is 6.55. The molecular weight excluding hydrogens is 358 g/mol. The van der Waals surface area contributed by atoms with Crippen LogP contribution in [0.1, 0.15) is 11.1 Å². The summed E-state index contributed by atoms with van der Waals surface area (Å²) in [6, 6.07) is 17.5. The van der Waals surface area contributed by atoms with Gasteiger partial charge in [-0.2, -0.15) is 0 Å². The van der Waals surface area contributed by atoms with E-state index in [0.717, 1.165) is 51.3 Å². The lowest BCUT2D eigenvalue weighted by atomic mass is 10.1. The molecule has 0 bridgehead atoms. The molecule has 27 heavy (non-hydrogen) atoms. The highest BCUT2D eigenvalue weighted by molar-refractivity contribution is 7.89. The number of benzene rings is 2. The molecule has 0 radical (unpaired) electrons. The summed E-state index contributed by atoms with van der Waals surface area (Å²) in [6.45, 7) is 8.27. The zero-order valence-electron chi connectivity index (χ0n) is 16.0. The lowest BCUT2D eigenvalue weighted by Gasteiger charge is -2.34. The number of hydrogen-bond acceptors (Lipinski definition) is 4. The summed E-state index contributed by atoms with van der Waals surface area (Å²) in [6.07, 6.45) is 1.08. The predicted molar refractivity (Wildman–Crippen MR) is 109 cm³/mol. The van der Waals surface area contributed by atoms with Gasteiger partial charge in [0.05, 0.1) is 4.90 Å². The minimum Gasteiger partial charge on any atom is -0.300 e. The van der Waals surface area contributed by atoms with Crippen LogP contribution < -0.4 is 4.72 Å². The van der Waals surface area contributed by atoms with Crippen LogP contribution in [-0.2, 0) is 16.4 Å². The maximum atomic E-state index is 12.3. The van der Waals surface area contributed by atoms with Crippen LogP contribution in [0.3, 0.4) is 0 Å². The van der Waals surface area contributed by atoms with Crippen molar-refractivity contribution in [1.82, 2.24) is 14.5 Å². The summed E-state index contributed by atoms with van der Waals surface area (Å²) in [7, 11) is -3.41. The van der Waals surface area contributed by atoms with Crippen molar-refractivity contribution in [1.29, 1.82) is 0 Å². The summed E-state index contributed by atoms with van der Waals surface area (Å²) in [5, 5.41) is 0. The van der Waals surface area contributed by atoms with Crippen molar-refractivity contribution in [3.63, 3.8) is 0 Å². The third-order valence-electron chi connectivity index (χ3n) is 5.08. The number of nitrogens with zero attached hydrogens (tertiary/aromatic N) is 2. The van der Waals surface area contributed by atoms with Gasteiger partial charge in [0.15, 0.2) is 0 Å². The zero-order chi connectivity index (χ0) is 19.1. The van der Waals surface area contributed by atoms with Gasteiger partial charge in [-0.05, 0) is 31.0 Å². The van der Waals surface area contributed by atoms with Crippen LogP contribution in [0.2, 0.25) is 0 Å². The Bertz CT molecular complexity index is 799. The molecule has 0 spiro atoms. The number of nitrogens with one attached hydrogen (secondary N) is 1. The summed E-state index contributed by atoms with van der Waals surface area (Å²) < 4.78 is 27.4. The van der Waals surface area contributed by atoms with Crippen LogP contribution in [0, 0.1) is 6.92 Å². The second-order valence-electron chi connectivity index (χ2n) is 7.13. The van der Waals surface area contributed by atoms with E-state index in [9.17, 15) is 8.42 Å². The molecule has 1 aliphatic rings. The molecule has 6 heteroatoms. The fourth-order valence-corrected chi connectivity index (χ4v) is 4.33. The van der Waals surface area contributed by atoms with Gasteiger partial charge in [0.25, 0.3) is 0 Å². The summed E-state index contributed by atoms with van der Waals surface area (Å²) in [4.78, 5) is 5.15. The van der Waals surface area contributed by atoms with E-state index >= 15 is 0 Å². The van der Waals surface area contributed by atoms with E-state index in [4.69, 9.17) is 0 Å². The fourth-order valence-electron chi connectivity index (χ4n) is 3.31. The van der Waals surface area contributed by atoms with E-state index in [1.54, 1.807) is 12.1 Å². The topological polar surface area (TPSA) is 52.7 Å². The number of sulfonamides is 1. The molecule has 2 aromatic rings. The fraction of sp³-hybridized carbons (Fsp3) is 0.429. The van der Waals surface area contributed by atoms with Crippen LogP contribution in [0.25, 0.3) is 0 Å². The predicted octanol–water partition coefficient (Wildman–Crippen LogP) is 2.13. The molecule has 0 aliphatic carbocycles. The van der Waals surface area contributed by atoms with Crippen molar-refractivity contribution in [3.05, 3.63) is 65.7 Å². The first-order valence-electron chi connectivity index (χ1n) is 9.58. The van der Waals surface area contributed by atoms with Crippen molar-refractivity contribution >= 4 is 10.0 Å². The SMILES string of the molecule is Cc1ccc(S(=O)(=O)NCCN2CCN(CCc3ccccc3)CC2)cc1. The normalized spacial score (nSPS) is 16.5. The number of piperazine rings is 1. The summed E-state index contributed by atoms with van der Waals surface area (Å²) in [5.74, 6) is 0. The lowest BCUT2D eigenvalue weighted by molar-refractivity contribution is 0.135. The molecule has 1 fully saturated rings. The monoisotopic (exact) mass is 387 g/mol. The zero-order valence-corrected chi connectivity index (χ0v) is 16.8. The number of hydrogen-bond donors (Lipinski definition) is 1. The Kier molecular flexibility index (Phi) is 7.01. The van der Waals surface area contributed by atoms with Gasteiger partial charge in [-0.15, -0.1) is 0 Å². The Morgan fingerprint density at radius 2 is 1.44 bits per heavy atom. The van der Waals surface area contributed by atoms with Crippen LogP contribution >= 0.6 is 0 Å². The van der Waals surface area contributed by atoms with E-state index in [0.29, 0.717) is 11.4 Å². The van der Waals surface area contributed by atoms with Gasteiger partial charge >= 0.3 is 0 Å². The van der Waals surface area contributed by atoms with Gasteiger partial charge in [0.2, 0.25) is 10.0 Å². The van der Waals surface area contributed by atoms with Gasteiger partial charge in [-0.25, -0.2) is 13.1 Å². The summed E-state index contributed by atoms with van der Waals surface area (Å²) in [5.41, 5.74) is 2.43. The minimum atomic E-state index is -3.41. The second kappa shape index (κ2) is 9.46. The number of aryl methyl sites for hydroxylation is 1. The van der Waals surface area contributed by atoms with E-state index in [1.165, 1.54) is 5.56 Å². The molecule has 2 aromatic carbocycles. The minimum absolute atomic E-state index is 0.332. The molecule has 3 rings (SSSR count). The van der Waals surface area contributed by atoms with Crippen LogP contribution in [0.4, 0.5) is 0 Å². The molecule has 1 heterocycles. The molecule has 0 unspecified atom stereocenters. The highest BCUT2D eigenvalue weighted by Crippen LogP contribution is 2.10. The average molecular weight is 388 g/mol. The van der Waals surface area contributed by atoms with Crippen molar-refractivity contribution < 1.29 is 8.42 Å². The Morgan fingerprint density at radius 3 is 2.07 bits per heavy atom. The standard InChI is InChI=1S/C21H29N3O2S/c1-19-7-9-21(10-8-19)27(25,26)22-12-14-24-17-15-23(16-18-24)13-11-20-5-3-2-4-6-20/h2-10,22H,11-18H2,1H3. The molecule has 146 valence electrons. The first-order chi connectivity index (χ1) is 13.0. The largest absolute Gasteiger partial charge is 0.300 e. The first kappa shape index (κ1) is 20.0. The number of rotatable bonds is 8. The molecule has 1 aliphatic heterocycles. The Hall–Kier alpha value is -1.73. The van der Waals surface area contributed by atoms with Crippen LogP contribution in [0.5, 0.6) is 0 Å². The summed E-state index contributed by atoms with van der Waals surface area (Å²) >= 11 is 0. The van der Waals surface area contributed by atoms with Crippen molar-refractivity contribution in [2.24, 2.45) is 0 Å². The van der Waals surface area contributed by atoms with Gasteiger partial charge in [-0.3, -0.25) is 4.90 Å². The van der Waals surface area contributed by atoms with Crippen LogP contribution in [0.15, 0.2) is 59.5 Å². The maximum Gasteiger partial charge on any atom is 0.240 e. The highest BCUT2D eigenvalue weighted by Gasteiger charge is 2.18. The third kappa shape index (κ3) is 6.14.